The lowest BCUT2D eigenvalue weighted by atomic mass is 9.44. The molecule has 8 atom stereocenters. The van der Waals surface area contributed by atoms with Gasteiger partial charge in [0.25, 0.3) is 0 Å². The SMILES string of the molecule is C[C@@H]1CCC2(C)C(CC(O)C3C2CC[C@]2(C)C(n4cnc5ccccc54)=CCC32)C1. The predicted molar refractivity (Wildman–Crippen MR) is 122 cm³/mol. The van der Waals surface area contributed by atoms with Crippen molar-refractivity contribution in [3.63, 3.8) is 0 Å². The van der Waals surface area contributed by atoms with Crippen LogP contribution in [0.15, 0.2) is 36.7 Å². The van der Waals surface area contributed by atoms with Crippen molar-refractivity contribution in [1.29, 1.82) is 0 Å². The van der Waals surface area contributed by atoms with Gasteiger partial charge < -0.3 is 9.67 Å². The molecule has 0 saturated heterocycles. The molecule has 1 heterocycles. The summed E-state index contributed by atoms with van der Waals surface area (Å²) in [6, 6.07) is 8.48. The summed E-state index contributed by atoms with van der Waals surface area (Å²) < 4.78 is 2.34. The zero-order valence-corrected chi connectivity index (χ0v) is 18.7. The molecule has 1 aromatic heterocycles. The van der Waals surface area contributed by atoms with Gasteiger partial charge in [0.1, 0.15) is 6.33 Å². The van der Waals surface area contributed by atoms with Crippen molar-refractivity contribution in [2.24, 2.45) is 40.4 Å². The number of benzene rings is 1. The van der Waals surface area contributed by atoms with Gasteiger partial charge in [-0.2, -0.15) is 0 Å². The molecule has 1 N–H and O–H groups in total. The molecule has 3 saturated carbocycles. The molecule has 0 spiro atoms. The van der Waals surface area contributed by atoms with Gasteiger partial charge >= 0.3 is 0 Å². The van der Waals surface area contributed by atoms with Gasteiger partial charge in [0, 0.05) is 11.1 Å². The second-order valence-corrected chi connectivity index (χ2v) is 11.6. The van der Waals surface area contributed by atoms with E-state index in [1.807, 2.05) is 6.33 Å². The maximum atomic E-state index is 11.5. The molecule has 3 fully saturated rings. The van der Waals surface area contributed by atoms with Crippen LogP contribution in [0.1, 0.15) is 65.7 Å². The zero-order valence-electron chi connectivity index (χ0n) is 18.7. The second-order valence-electron chi connectivity index (χ2n) is 11.6. The second kappa shape index (κ2) is 6.45. The average molecular weight is 405 g/mol. The number of imidazole rings is 1. The third-order valence-corrected chi connectivity index (χ3v) is 10.2. The van der Waals surface area contributed by atoms with Gasteiger partial charge in [0.05, 0.1) is 17.1 Å². The third-order valence-electron chi connectivity index (χ3n) is 10.2. The van der Waals surface area contributed by atoms with Crippen molar-refractivity contribution >= 4 is 16.7 Å². The van der Waals surface area contributed by atoms with Crippen LogP contribution in [-0.4, -0.2) is 20.8 Å². The van der Waals surface area contributed by atoms with Crippen molar-refractivity contribution in [2.75, 3.05) is 0 Å². The first-order chi connectivity index (χ1) is 14.4. The van der Waals surface area contributed by atoms with E-state index in [4.69, 9.17) is 0 Å². The summed E-state index contributed by atoms with van der Waals surface area (Å²) in [5.74, 6) is 3.23. The van der Waals surface area contributed by atoms with E-state index in [0.29, 0.717) is 29.1 Å². The fourth-order valence-electron chi connectivity index (χ4n) is 8.51. The molecule has 0 aliphatic heterocycles. The van der Waals surface area contributed by atoms with Crippen LogP contribution >= 0.6 is 0 Å². The highest BCUT2D eigenvalue weighted by atomic mass is 16.3. The number of hydrogen-bond acceptors (Lipinski definition) is 2. The summed E-state index contributed by atoms with van der Waals surface area (Å²) in [5, 5.41) is 11.5. The molecule has 0 bridgehead atoms. The van der Waals surface area contributed by atoms with Crippen molar-refractivity contribution in [1.82, 2.24) is 9.55 Å². The van der Waals surface area contributed by atoms with E-state index in [9.17, 15) is 5.11 Å². The number of para-hydroxylation sites is 2. The Labute approximate surface area is 180 Å². The molecule has 6 rings (SSSR count). The van der Waals surface area contributed by atoms with E-state index in [2.05, 4.69) is 60.7 Å². The topological polar surface area (TPSA) is 38.0 Å². The molecule has 1 aromatic carbocycles. The first kappa shape index (κ1) is 19.1. The fourth-order valence-corrected chi connectivity index (χ4v) is 8.51. The Balaban J connectivity index is 1.36. The number of rotatable bonds is 1. The summed E-state index contributed by atoms with van der Waals surface area (Å²) in [6.45, 7) is 7.48. The molecule has 2 aromatic rings. The summed E-state index contributed by atoms with van der Waals surface area (Å²) >= 11 is 0. The largest absolute Gasteiger partial charge is 0.393 e. The molecule has 4 aliphatic rings. The molecule has 0 amide bonds. The van der Waals surface area contributed by atoms with E-state index in [-0.39, 0.29) is 11.5 Å². The molecular weight excluding hydrogens is 368 g/mol. The maximum absolute atomic E-state index is 11.5. The minimum atomic E-state index is -0.129. The highest BCUT2D eigenvalue weighted by Gasteiger charge is 2.61. The molecule has 0 radical (unpaired) electrons. The zero-order chi connectivity index (χ0) is 20.7. The Morgan fingerprint density at radius 3 is 2.77 bits per heavy atom. The van der Waals surface area contributed by atoms with Crippen molar-refractivity contribution in [3.05, 3.63) is 36.7 Å². The summed E-state index contributed by atoms with van der Waals surface area (Å²) in [7, 11) is 0. The Morgan fingerprint density at radius 1 is 1.07 bits per heavy atom. The lowest BCUT2D eigenvalue weighted by molar-refractivity contribution is -0.157. The number of aliphatic hydroxyl groups excluding tert-OH is 1. The van der Waals surface area contributed by atoms with Crippen LogP contribution in [0.25, 0.3) is 16.7 Å². The van der Waals surface area contributed by atoms with Crippen molar-refractivity contribution in [3.8, 4) is 0 Å². The number of hydrogen-bond donors (Lipinski definition) is 1. The minimum absolute atomic E-state index is 0.129. The lowest BCUT2D eigenvalue weighted by Gasteiger charge is -2.62. The number of fused-ring (bicyclic) bond motifs is 6. The van der Waals surface area contributed by atoms with Crippen LogP contribution in [-0.2, 0) is 0 Å². The number of nitrogens with zero attached hydrogens (tertiary/aromatic N) is 2. The number of aromatic nitrogens is 2. The standard InChI is InChI=1S/C27H36N2O/c1-17-10-12-26(2)18(14-17)15-23(30)25-19-8-9-24(27(19,3)13-11-20(25)26)29-16-28-21-6-4-5-7-22(21)29/h4-7,9,16-20,23,25,30H,8,10-15H2,1-3H3/t17-,18?,19?,20?,23?,25?,26?,27+/m1/s1. The maximum Gasteiger partial charge on any atom is 0.100 e. The lowest BCUT2D eigenvalue weighted by Crippen LogP contribution is -2.57. The fraction of sp³-hybridized carbons (Fsp3) is 0.667. The van der Waals surface area contributed by atoms with E-state index in [1.54, 1.807) is 0 Å². The summed E-state index contributed by atoms with van der Waals surface area (Å²) in [4.78, 5) is 4.67. The van der Waals surface area contributed by atoms with Crippen LogP contribution in [0.2, 0.25) is 0 Å². The quantitative estimate of drug-likeness (QED) is 0.620. The first-order valence-electron chi connectivity index (χ1n) is 12.2. The molecule has 160 valence electrons. The molecule has 30 heavy (non-hydrogen) atoms. The molecular formula is C27H36N2O. The highest BCUT2D eigenvalue weighted by Crippen LogP contribution is 2.67. The normalized spacial score (nSPS) is 45.5. The number of allylic oxidation sites excluding steroid dienone is 2. The van der Waals surface area contributed by atoms with Gasteiger partial charge in [-0.05, 0) is 85.7 Å². The van der Waals surface area contributed by atoms with E-state index < -0.39 is 0 Å². The minimum Gasteiger partial charge on any atom is -0.393 e. The van der Waals surface area contributed by atoms with Crippen LogP contribution in [0, 0.1) is 40.4 Å². The third kappa shape index (κ3) is 2.45. The molecule has 3 heteroatoms. The summed E-state index contributed by atoms with van der Waals surface area (Å²) in [5.41, 5.74) is 4.28. The Bertz CT molecular complexity index is 1010. The van der Waals surface area contributed by atoms with Crippen LogP contribution in [0.5, 0.6) is 0 Å². The van der Waals surface area contributed by atoms with Crippen LogP contribution in [0.3, 0.4) is 0 Å². The summed E-state index contributed by atoms with van der Waals surface area (Å²) in [6.07, 6.45) is 13.1. The van der Waals surface area contributed by atoms with Crippen LogP contribution < -0.4 is 0 Å². The molecule has 3 nitrogen and oxygen atoms in total. The van der Waals surface area contributed by atoms with Gasteiger partial charge in [-0.25, -0.2) is 4.98 Å². The van der Waals surface area contributed by atoms with Gasteiger partial charge in [-0.3, -0.25) is 0 Å². The van der Waals surface area contributed by atoms with Gasteiger partial charge in [-0.15, -0.1) is 0 Å². The van der Waals surface area contributed by atoms with E-state index >= 15 is 0 Å². The highest BCUT2D eigenvalue weighted by molar-refractivity contribution is 5.80. The van der Waals surface area contributed by atoms with Crippen molar-refractivity contribution in [2.45, 2.75) is 71.8 Å². The monoisotopic (exact) mass is 404 g/mol. The predicted octanol–water partition coefficient (Wildman–Crippen LogP) is 6.14. The molecule has 6 unspecified atom stereocenters. The first-order valence-corrected chi connectivity index (χ1v) is 12.2. The Kier molecular flexibility index (Phi) is 4.11. The molecule has 4 aliphatic carbocycles. The Morgan fingerprint density at radius 2 is 1.90 bits per heavy atom. The smallest absolute Gasteiger partial charge is 0.100 e. The van der Waals surface area contributed by atoms with Gasteiger partial charge in [0.15, 0.2) is 0 Å². The number of aliphatic hydroxyl groups is 1. The van der Waals surface area contributed by atoms with E-state index in [1.165, 1.54) is 43.3 Å². The van der Waals surface area contributed by atoms with Gasteiger partial charge in [0.2, 0.25) is 0 Å². The average Bonchev–Trinajstić information content (AvgIpc) is 3.30. The van der Waals surface area contributed by atoms with Crippen LogP contribution in [0.4, 0.5) is 0 Å². The van der Waals surface area contributed by atoms with Crippen molar-refractivity contribution < 1.29 is 5.11 Å². The van der Waals surface area contributed by atoms with Gasteiger partial charge in [-0.1, -0.05) is 45.4 Å². The van der Waals surface area contributed by atoms with E-state index in [0.717, 1.165) is 24.3 Å². The Hall–Kier alpha value is -1.61.